The molecule has 0 aromatic heterocycles. The highest BCUT2D eigenvalue weighted by atomic mass is 16.5. The summed E-state index contributed by atoms with van der Waals surface area (Å²) in [6, 6.07) is 14.5. The summed E-state index contributed by atoms with van der Waals surface area (Å²) in [6.45, 7) is 2.23. The summed E-state index contributed by atoms with van der Waals surface area (Å²) in [5.41, 5.74) is 4.67. The van der Waals surface area contributed by atoms with Crippen LogP contribution in [0.25, 0.3) is 11.1 Å². The summed E-state index contributed by atoms with van der Waals surface area (Å²) < 4.78 is 15.6. The van der Waals surface area contributed by atoms with Crippen molar-refractivity contribution in [1.29, 1.82) is 0 Å². The molecule has 0 saturated heterocycles. The fourth-order valence-corrected chi connectivity index (χ4v) is 2.74. The zero-order chi connectivity index (χ0) is 17.5. The lowest BCUT2D eigenvalue weighted by molar-refractivity contribution is -0.126. The van der Waals surface area contributed by atoms with E-state index in [1.54, 1.807) is 7.11 Å². The van der Waals surface area contributed by atoms with E-state index in [1.165, 1.54) is 11.1 Å². The first-order valence-electron chi connectivity index (χ1n) is 8.44. The van der Waals surface area contributed by atoms with Crippen LogP contribution in [0.15, 0.2) is 42.5 Å². The number of methoxy groups -OCH3 is 1. The SMILES string of the molecule is COCCOCC(=O)NCc1ccc(-c2ccc3c(c2)CCO3)cc1. The smallest absolute Gasteiger partial charge is 0.246 e. The van der Waals surface area contributed by atoms with Crippen molar-refractivity contribution in [3.05, 3.63) is 53.6 Å². The fourth-order valence-electron chi connectivity index (χ4n) is 2.74. The molecule has 0 atom stereocenters. The van der Waals surface area contributed by atoms with E-state index >= 15 is 0 Å². The van der Waals surface area contributed by atoms with Crippen LogP contribution in [0.3, 0.4) is 0 Å². The maximum absolute atomic E-state index is 11.7. The van der Waals surface area contributed by atoms with Gasteiger partial charge < -0.3 is 19.5 Å². The van der Waals surface area contributed by atoms with Crippen LogP contribution in [-0.2, 0) is 27.2 Å². The number of rotatable bonds is 8. The van der Waals surface area contributed by atoms with Crippen LogP contribution >= 0.6 is 0 Å². The van der Waals surface area contributed by atoms with E-state index in [2.05, 4.69) is 29.6 Å². The molecular formula is C20H23NO4. The number of amides is 1. The third-order valence-corrected chi connectivity index (χ3v) is 4.13. The molecule has 132 valence electrons. The second-order valence-electron chi connectivity index (χ2n) is 5.94. The Hall–Kier alpha value is -2.37. The molecule has 1 N–H and O–H groups in total. The van der Waals surface area contributed by atoms with Crippen molar-refractivity contribution in [1.82, 2.24) is 5.32 Å². The molecule has 0 unspecified atom stereocenters. The first-order valence-corrected chi connectivity index (χ1v) is 8.44. The van der Waals surface area contributed by atoms with Gasteiger partial charge in [0.2, 0.25) is 5.91 Å². The highest BCUT2D eigenvalue weighted by Crippen LogP contribution is 2.30. The number of nitrogens with one attached hydrogen (secondary N) is 1. The molecule has 0 bridgehead atoms. The summed E-state index contributed by atoms with van der Waals surface area (Å²) >= 11 is 0. The Morgan fingerprint density at radius 2 is 1.92 bits per heavy atom. The van der Waals surface area contributed by atoms with Crippen LogP contribution in [0.4, 0.5) is 0 Å². The molecule has 1 amide bonds. The van der Waals surface area contributed by atoms with Crippen molar-refractivity contribution in [2.45, 2.75) is 13.0 Å². The topological polar surface area (TPSA) is 56.8 Å². The molecule has 5 heteroatoms. The van der Waals surface area contributed by atoms with Gasteiger partial charge in [-0.3, -0.25) is 4.79 Å². The Labute approximate surface area is 147 Å². The van der Waals surface area contributed by atoms with Crippen LogP contribution in [0.2, 0.25) is 0 Å². The zero-order valence-corrected chi connectivity index (χ0v) is 14.4. The van der Waals surface area contributed by atoms with Crippen molar-refractivity contribution in [2.75, 3.05) is 33.5 Å². The number of carbonyl (C=O) groups excluding carboxylic acids is 1. The summed E-state index contributed by atoms with van der Waals surface area (Å²) in [5, 5.41) is 2.85. The van der Waals surface area contributed by atoms with Gasteiger partial charge in [-0.15, -0.1) is 0 Å². The van der Waals surface area contributed by atoms with Crippen LogP contribution in [0.5, 0.6) is 5.75 Å². The monoisotopic (exact) mass is 341 g/mol. The second-order valence-corrected chi connectivity index (χ2v) is 5.94. The molecule has 25 heavy (non-hydrogen) atoms. The second kappa shape index (κ2) is 8.65. The van der Waals surface area contributed by atoms with Crippen molar-refractivity contribution < 1.29 is 19.0 Å². The lowest BCUT2D eigenvalue weighted by Crippen LogP contribution is -2.27. The van der Waals surface area contributed by atoms with E-state index in [1.807, 2.05) is 18.2 Å². The number of hydrogen-bond donors (Lipinski definition) is 1. The molecule has 2 aromatic rings. The lowest BCUT2D eigenvalue weighted by atomic mass is 10.0. The maximum Gasteiger partial charge on any atom is 0.246 e. The van der Waals surface area contributed by atoms with Gasteiger partial charge in [-0.25, -0.2) is 0 Å². The lowest BCUT2D eigenvalue weighted by Gasteiger charge is -2.08. The van der Waals surface area contributed by atoms with Gasteiger partial charge in [-0.2, -0.15) is 0 Å². The van der Waals surface area contributed by atoms with Crippen molar-refractivity contribution in [3.63, 3.8) is 0 Å². The van der Waals surface area contributed by atoms with Gasteiger partial charge in [0, 0.05) is 20.1 Å². The largest absolute Gasteiger partial charge is 0.493 e. The molecule has 0 saturated carbocycles. The number of fused-ring (bicyclic) bond motifs is 1. The summed E-state index contributed by atoms with van der Waals surface area (Å²) in [7, 11) is 1.60. The molecule has 3 rings (SSSR count). The Morgan fingerprint density at radius 1 is 1.12 bits per heavy atom. The molecule has 0 spiro atoms. The number of carbonyl (C=O) groups is 1. The minimum Gasteiger partial charge on any atom is -0.493 e. The normalized spacial score (nSPS) is 12.5. The van der Waals surface area contributed by atoms with Crippen LogP contribution in [-0.4, -0.2) is 39.4 Å². The average molecular weight is 341 g/mol. The number of benzene rings is 2. The number of hydrogen-bond acceptors (Lipinski definition) is 4. The minimum atomic E-state index is -0.126. The Morgan fingerprint density at radius 3 is 2.72 bits per heavy atom. The molecule has 1 aliphatic rings. The molecule has 0 radical (unpaired) electrons. The van der Waals surface area contributed by atoms with Crippen molar-refractivity contribution in [3.8, 4) is 16.9 Å². The van der Waals surface area contributed by atoms with Crippen molar-refractivity contribution >= 4 is 5.91 Å². The van der Waals surface area contributed by atoms with Gasteiger partial charge in [-0.05, 0) is 34.4 Å². The van der Waals surface area contributed by atoms with Crippen molar-refractivity contribution in [2.24, 2.45) is 0 Å². The first-order chi connectivity index (χ1) is 12.3. The van der Waals surface area contributed by atoms with Gasteiger partial charge >= 0.3 is 0 Å². The third-order valence-electron chi connectivity index (χ3n) is 4.13. The van der Waals surface area contributed by atoms with Gasteiger partial charge in [0.15, 0.2) is 0 Å². The van der Waals surface area contributed by atoms with E-state index in [4.69, 9.17) is 14.2 Å². The predicted molar refractivity (Wildman–Crippen MR) is 95.6 cm³/mol. The third kappa shape index (κ3) is 4.81. The summed E-state index contributed by atoms with van der Waals surface area (Å²) in [6.07, 6.45) is 0.972. The molecule has 2 aromatic carbocycles. The predicted octanol–water partition coefficient (Wildman–Crippen LogP) is 2.57. The molecule has 0 aliphatic carbocycles. The molecule has 5 nitrogen and oxygen atoms in total. The summed E-state index contributed by atoms with van der Waals surface area (Å²) in [5.74, 6) is 0.870. The standard InChI is InChI=1S/C20H23NO4/c1-23-10-11-24-14-20(22)21-13-15-2-4-16(5-3-15)17-6-7-19-18(12-17)8-9-25-19/h2-7,12H,8-11,13-14H2,1H3,(H,21,22). The molecule has 1 heterocycles. The van der Waals surface area contributed by atoms with E-state index in [-0.39, 0.29) is 12.5 Å². The van der Waals surface area contributed by atoms with Crippen LogP contribution in [0.1, 0.15) is 11.1 Å². The van der Waals surface area contributed by atoms with Crippen LogP contribution < -0.4 is 10.1 Å². The van der Waals surface area contributed by atoms with Gasteiger partial charge in [0.1, 0.15) is 12.4 Å². The van der Waals surface area contributed by atoms with Crippen LogP contribution in [0, 0.1) is 0 Å². The Balaban J connectivity index is 1.51. The van der Waals surface area contributed by atoms with E-state index in [0.29, 0.717) is 19.8 Å². The first kappa shape index (κ1) is 17.5. The average Bonchev–Trinajstić information content (AvgIpc) is 3.12. The molecule has 1 aliphatic heterocycles. The Bertz CT molecular complexity index is 712. The van der Waals surface area contributed by atoms with Gasteiger partial charge in [-0.1, -0.05) is 30.3 Å². The van der Waals surface area contributed by atoms with E-state index in [9.17, 15) is 4.79 Å². The highest BCUT2D eigenvalue weighted by Gasteiger charge is 2.12. The molecular weight excluding hydrogens is 318 g/mol. The quantitative estimate of drug-likeness (QED) is 0.750. The highest BCUT2D eigenvalue weighted by molar-refractivity contribution is 5.77. The van der Waals surface area contributed by atoms with E-state index in [0.717, 1.165) is 29.9 Å². The number of ether oxygens (including phenoxy) is 3. The molecule has 0 fully saturated rings. The zero-order valence-electron chi connectivity index (χ0n) is 14.4. The minimum absolute atomic E-state index is 0.0542. The maximum atomic E-state index is 11.7. The van der Waals surface area contributed by atoms with Gasteiger partial charge in [0.05, 0.1) is 19.8 Å². The fraction of sp³-hybridized carbons (Fsp3) is 0.350. The van der Waals surface area contributed by atoms with E-state index < -0.39 is 0 Å². The Kier molecular flexibility index (Phi) is 6.04. The van der Waals surface area contributed by atoms with Gasteiger partial charge in [0.25, 0.3) is 0 Å². The summed E-state index contributed by atoms with van der Waals surface area (Å²) in [4.78, 5) is 11.7.